The lowest BCUT2D eigenvalue weighted by atomic mass is 10.1. The first kappa shape index (κ1) is 25.9. The summed E-state index contributed by atoms with van der Waals surface area (Å²) in [4.78, 5) is 25.4. The minimum Gasteiger partial charge on any atom is -0.478 e. The van der Waals surface area contributed by atoms with Gasteiger partial charge in [-0.2, -0.15) is 0 Å². The molecule has 0 unspecified atom stereocenters. The van der Waals surface area contributed by atoms with Crippen molar-refractivity contribution in [2.24, 2.45) is 0 Å². The summed E-state index contributed by atoms with van der Waals surface area (Å²) in [5.41, 5.74) is -0.576. The highest BCUT2D eigenvalue weighted by atomic mass is 33.1. The van der Waals surface area contributed by atoms with Crippen LogP contribution in [0.5, 0.6) is 11.5 Å². The molecule has 8 heteroatoms. The van der Waals surface area contributed by atoms with Crippen LogP contribution in [0, 0.1) is 13.8 Å². The van der Waals surface area contributed by atoms with E-state index in [0.29, 0.717) is 18.1 Å². The number of carbonyl (C=O) groups is 2. The van der Waals surface area contributed by atoms with E-state index in [1.54, 1.807) is 48.4 Å². The van der Waals surface area contributed by atoms with Crippen LogP contribution in [0.3, 0.4) is 0 Å². The molecule has 0 spiro atoms. The predicted molar refractivity (Wildman–Crippen MR) is 128 cm³/mol. The molecule has 174 valence electrons. The van der Waals surface area contributed by atoms with E-state index in [1.165, 1.54) is 13.8 Å². The molecule has 0 aliphatic carbocycles. The summed E-state index contributed by atoms with van der Waals surface area (Å²) in [6.07, 6.45) is 0. The van der Waals surface area contributed by atoms with E-state index in [1.807, 2.05) is 44.2 Å². The van der Waals surface area contributed by atoms with Crippen molar-refractivity contribution in [3.8, 4) is 11.5 Å². The molecule has 2 aromatic carbocycles. The van der Waals surface area contributed by atoms with Crippen molar-refractivity contribution in [1.29, 1.82) is 0 Å². The average molecular weight is 479 g/mol. The summed E-state index contributed by atoms with van der Waals surface area (Å²) >= 11 is 0. The molecule has 6 nitrogen and oxygen atoms in total. The molecule has 0 aromatic heterocycles. The Bertz CT molecular complexity index is 984. The Morgan fingerprint density at radius 1 is 0.844 bits per heavy atom. The summed E-state index contributed by atoms with van der Waals surface area (Å²) in [6.45, 7) is 12.3. The van der Waals surface area contributed by atoms with E-state index in [0.717, 1.165) is 20.9 Å². The van der Waals surface area contributed by atoms with Crippen molar-refractivity contribution in [2.75, 3.05) is 6.61 Å². The second kappa shape index (κ2) is 10.5. The fraction of sp³-hybridized carbons (Fsp3) is 0.417. The van der Waals surface area contributed by atoms with Crippen molar-refractivity contribution in [1.82, 2.24) is 0 Å². The van der Waals surface area contributed by atoms with Gasteiger partial charge in [-0.1, -0.05) is 21.6 Å². The van der Waals surface area contributed by atoms with Gasteiger partial charge >= 0.3 is 11.9 Å². The Hall–Kier alpha value is -2.32. The van der Waals surface area contributed by atoms with Crippen LogP contribution in [0.15, 0.2) is 46.2 Å². The molecular formula is C24H30O6S2. The standard InChI is InChI=1S/C24H30O6S2/c1-8-28-22(27)24(6,7)30-20-12-10-18(14-16(20)3)32-31-17-9-11-19(15(2)13-17)29-23(4,5)21(25)26/h9-14H,8H2,1-7H3,(H,25,26). The summed E-state index contributed by atoms with van der Waals surface area (Å²) in [7, 11) is 3.19. The van der Waals surface area contributed by atoms with Crippen molar-refractivity contribution >= 4 is 33.5 Å². The molecular weight excluding hydrogens is 448 g/mol. The average Bonchev–Trinajstić information content (AvgIpc) is 2.70. The minimum absolute atomic E-state index is 0.307. The van der Waals surface area contributed by atoms with Gasteiger partial charge in [-0.05, 0) is 96.0 Å². The molecule has 2 aromatic rings. The maximum Gasteiger partial charge on any atom is 0.349 e. The van der Waals surface area contributed by atoms with E-state index in [4.69, 9.17) is 14.2 Å². The van der Waals surface area contributed by atoms with Gasteiger partial charge in [-0.3, -0.25) is 0 Å². The largest absolute Gasteiger partial charge is 0.478 e. The zero-order chi connectivity index (χ0) is 24.1. The summed E-state index contributed by atoms with van der Waals surface area (Å²) < 4.78 is 16.6. The van der Waals surface area contributed by atoms with Gasteiger partial charge in [-0.15, -0.1) is 0 Å². The molecule has 0 saturated carbocycles. The number of carboxylic acid groups (broad SMARTS) is 1. The number of hydrogen-bond acceptors (Lipinski definition) is 7. The third-order valence-corrected chi connectivity index (χ3v) is 6.92. The summed E-state index contributed by atoms with van der Waals surface area (Å²) in [5.74, 6) is -0.230. The van der Waals surface area contributed by atoms with Crippen LogP contribution in [0.25, 0.3) is 0 Å². The monoisotopic (exact) mass is 478 g/mol. The number of hydrogen-bond donors (Lipinski definition) is 1. The molecule has 0 saturated heterocycles. The lowest BCUT2D eigenvalue weighted by molar-refractivity contribution is -0.158. The van der Waals surface area contributed by atoms with Gasteiger partial charge in [0, 0.05) is 9.79 Å². The highest BCUT2D eigenvalue weighted by molar-refractivity contribution is 8.76. The van der Waals surface area contributed by atoms with Gasteiger partial charge in [0.1, 0.15) is 11.5 Å². The van der Waals surface area contributed by atoms with Crippen molar-refractivity contribution in [3.63, 3.8) is 0 Å². The predicted octanol–water partition coefficient (Wildman–Crippen LogP) is 6.07. The van der Waals surface area contributed by atoms with Gasteiger partial charge < -0.3 is 19.3 Å². The van der Waals surface area contributed by atoms with E-state index in [2.05, 4.69) is 0 Å². The number of rotatable bonds is 10. The molecule has 0 bridgehead atoms. The molecule has 2 rings (SSSR count). The topological polar surface area (TPSA) is 82.1 Å². The normalized spacial score (nSPS) is 11.7. The fourth-order valence-electron chi connectivity index (χ4n) is 2.61. The van der Waals surface area contributed by atoms with E-state index in [9.17, 15) is 14.7 Å². The van der Waals surface area contributed by atoms with Gasteiger partial charge in [0.05, 0.1) is 6.61 Å². The summed E-state index contributed by atoms with van der Waals surface area (Å²) in [6, 6.07) is 11.5. The first-order valence-corrected chi connectivity index (χ1v) is 12.3. The Balaban J connectivity index is 2.04. The smallest absolute Gasteiger partial charge is 0.349 e. The van der Waals surface area contributed by atoms with Crippen LogP contribution in [0.1, 0.15) is 45.7 Å². The van der Waals surface area contributed by atoms with Crippen LogP contribution in [-0.4, -0.2) is 34.9 Å². The van der Waals surface area contributed by atoms with Crippen LogP contribution >= 0.6 is 21.6 Å². The maximum absolute atomic E-state index is 12.1. The zero-order valence-corrected chi connectivity index (χ0v) is 21.1. The number of benzene rings is 2. The van der Waals surface area contributed by atoms with Crippen molar-refractivity contribution < 1.29 is 28.9 Å². The van der Waals surface area contributed by atoms with Crippen LogP contribution in [0.4, 0.5) is 0 Å². The maximum atomic E-state index is 12.1. The Morgan fingerprint density at radius 2 is 1.28 bits per heavy atom. The quantitative estimate of drug-likeness (QED) is 0.326. The van der Waals surface area contributed by atoms with E-state index < -0.39 is 23.1 Å². The fourth-order valence-corrected chi connectivity index (χ4v) is 4.70. The first-order chi connectivity index (χ1) is 14.9. The molecule has 32 heavy (non-hydrogen) atoms. The van der Waals surface area contributed by atoms with Gasteiger partial charge in [0.2, 0.25) is 0 Å². The van der Waals surface area contributed by atoms with Crippen molar-refractivity contribution in [3.05, 3.63) is 47.5 Å². The second-order valence-electron chi connectivity index (χ2n) is 8.27. The zero-order valence-electron chi connectivity index (χ0n) is 19.5. The first-order valence-electron chi connectivity index (χ1n) is 10.2. The number of carbonyl (C=O) groups excluding carboxylic acids is 1. The lowest BCUT2D eigenvalue weighted by Gasteiger charge is -2.25. The lowest BCUT2D eigenvalue weighted by Crippen LogP contribution is -2.39. The SMILES string of the molecule is CCOC(=O)C(C)(C)Oc1ccc(SSc2ccc(OC(C)(C)C(=O)O)c(C)c2)cc1C. The second-order valence-corrected chi connectivity index (χ2v) is 10.5. The third kappa shape index (κ3) is 6.84. The molecule has 0 amide bonds. The Morgan fingerprint density at radius 3 is 1.66 bits per heavy atom. The third-order valence-electron chi connectivity index (χ3n) is 4.54. The number of aliphatic carboxylic acids is 1. The van der Waals surface area contributed by atoms with E-state index >= 15 is 0 Å². The van der Waals surface area contributed by atoms with Crippen LogP contribution < -0.4 is 9.47 Å². The van der Waals surface area contributed by atoms with Gasteiger partial charge in [0.25, 0.3) is 0 Å². The van der Waals surface area contributed by atoms with Crippen LogP contribution in [-0.2, 0) is 14.3 Å². The molecule has 0 atom stereocenters. The molecule has 0 aliphatic rings. The van der Waals surface area contributed by atoms with Gasteiger partial charge in [-0.25, -0.2) is 9.59 Å². The molecule has 0 radical (unpaired) electrons. The summed E-state index contributed by atoms with van der Waals surface area (Å²) in [5, 5.41) is 9.25. The molecule has 1 N–H and O–H groups in total. The highest BCUT2D eigenvalue weighted by Crippen LogP contribution is 2.40. The van der Waals surface area contributed by atoms with Gasteiger partial charge in [0.15, 0.2) is 11.2 Å². The number of esters is 1. The van der Waals surface area contributed by atoms with Crippen molar-refractivity contribution in [2.45, 2.75) is 69.5 Å². The Labute approximate surface area is 197 Å². The number of ether oxygens (including phenoxy) is 3. The minimum atomic E-state index is -1.29. The number of aryl methyl sites for hydroxylation is 2. The van der Waals surface area contributed by atoms with E-state index in [-0.39, 0.29) is 0 Å². The number of carboxylic acids is 1. The molecule has 0 aliphatic heterocycles. The Kier molecular flexibility index (Phi) is 8.54. The molecule has 0 fully saturated rings. The molecule has 0 heterocycles. The van der Waals surface area contributed by atoms with Crippen LogP contribution in [0.2, 0.25) is 0 Å². The highest BCUT2D eigenvalue weighted by Gasteiger charge is 2.32.